The summed E-state index contributed by atoms with van der Waals surface area (Å²) in [6, 6.07) is 10.5. The summed E-state index contributed by atoms with van der Waals surface area (Å²) in [5.74, 6) is 0.908. The van der Waals surface area contributed by atoms with Crippen molar-refractivity contribution < 1.29 is 4.74 Å². The number of rotatable bonds is 3. The summed E-state index contributed by atoms with van der Waals surface area (Å²) < 4.78 is 7.69. The third kappa shape index (κ3) is 2.22. The van der Waals surface area contributed by atoms with Crippen molar-refractivity contribution in [3.05, 3.63) is 36.0 Å². The summed E-state index contributed by atoms with van der Waals surface area (Å²) in [6.07, 6.45) is 2.52. The van der Waals surface area contributed by atoms with Gasteiger partial charge in [0.05, 0.1) is 23.4 Å². The maximum Gasteiger partial charge on any atom is 0.158 e. The van der Waals surface area contributed by atoms with Crippen LogP contribution >= 0.6 is 0 Å². The van der Waals surface area contributed by atoms with E-state index in [0.29, 0.717) is 0 Å². The molecule has 1 N–H and O–H groups in total. The number of fused-ring (bicyclic) bond motifs is 3. The second-order valence-corrected chi connectivity index (χ2v) is 6.02. The molecule has 114 valence electrons. The van der Waals surface area contributed by atoms with Crippen LogP contribution in [0.5, 0.6) is 0 Å². The molecule has 0 bridgehead atoms. The molecule has 0 unspecified atom stereocenters. The van der Waals surface area contributed by atoms with Gasteiger partial charge in [0.25, 0.3) is 0 Å². The van der Waals surface area contributed by atoms with Crippen LogP contribution < -0.4 is 5.32 Å². The lowest BCUT2D eigenvalue weighted by Crippen LogP contribution is -2.30. The van der Waals surface area contributed by atoms with Gasteiger partial charge in [0.15, 0.2) is 5.65 Å². The van der Waals surface area contributed by atoms with E-state index in [-0.39, 0.29) is 12.1 Å². The molecule has 0 amide bonds. The topological polar surface area (TPSA) is 51.5 Å². The van der Waals surface area contributed by atoms with Gasteiger partial charge in [0.2, 0.25) is 0 Å². The van der Waals surface area contributed by atoms with Crippen LogP contribution in [-0.4, -0.2) is 33.4 Å². The Balaban J connectivity index is 1.80. The largest absolute Gasteiger partial charge is 0.376 e. The molecule has 1 saturated heterocycles. The van der Waals surface area contributed by atoms with E-state index in [2.05, 4.69) is 29.5 Å². The molecule has 4 rings (SSSR count). The van der Waals surface area contributed by atoms with Crippen molar-refractivity contribution in [1.82, 2.24) is 14.6 Å². The van der Waals surface area contributed by atoms with E-state index < -0.39 is 0 Å². The van der Waals surface area contributed by atoms with Gasteiger partial charge in [0.1, 0.15) is 5.82 Å². The van der Waals surface area contributed by atoms with Crippen molar-refractivity contribution in [2.75, 3.05) is 11.9 Å². The highest BCUT2D eigenvalue weighted by Crippen LogP contribution is 2.25. The highest BCUT2D eigenvalue weighted by atomic mass is 16.5. The number of anilines is 1. The lowest BCUT2D eigenvalue weighted by molar-refractivity contribution is 0.0996. The maximum atomic E-state index is 5.78. The molecule has 3 aromatic rings. The van der Waals surface area contributed by atoms with Gasteiger partial charge >= 0.3 is 0 Å². The number of ether oxygens (including phenoxy) is 1. The monoisotopic (exact) mass is 296 g/mol. The summed E-state index contributed by atoms with van der Waals surface area (Å²) in [6.45, 7) is 5.02. The van der Waals surface area contributed by atoms with Crippen molar-refractivity contribution in [1.29, 1.82) is 0 Å². The SMILES string of the molecule is Cc1cc2nc(N[C@@H](C)[C@@H]3CCCO3)c3ccccc3n2n1. The second-order valence-electron chi connectivity index (χ2n) is 6.02. The molecule has 5 heteroatoms. The minimum Gasteiger partial charge on any atom is -0.376 e. The number of aromatic nitrogens is 3. The smallest absolute Gasteiger partial charge is 0.158 e. The van der Waals surface area contributed by atoms with Crippen LogP contribution in [0.3, 0.4) is 0 Å². The van der Waals surface area contributed by atoms with Crippen molar-refractivity contribution in [2.45, 2.75) is 38.8 Å². The van der Waals surface area contributed by atoms with Crippen molar-refractivity contribution >= 4 is 22.4 Å². The number of hydrogen-bond donors (Lipinski definition) is 1. The Labute approximate surface area is 129 Å². The zero-order valence-electron chi connectivity index (χ0n) is 12.9. The highest BCUT2D eigenvalue weighted by Gasteiger charge is 2.23. The molecule has 1 aromatic carbocycles. The Kier molecular flexibility index (Phi) is 3.22. The molecule has 0 radical (unpaired) electrons. The Morgan fingerprint density at radius 2 is 2.23 bits per heavy atom. The van der Waals surface area contributed by atoms with E-state index in [4.69, 9.17) is 9.72 Å². The Morgan fingerprint density at radius 1 is 1.36 bits per heavy atom. The first-order valence-corrected chi connectivity index (χ1v) is 7.85. The molecule has 1 aliphatic rings. The van der Waals surface area contributed by atoms with Gasteiger partial charge in [-0.3, -0.25) is 0 Å². The molecule has 3 heterocycles. The molecular formula is C17H20N4O. The summed E-state index contributed by atoms with van der Waals surface area (Å²) in [5.41, 5.74) is 2.92. The second kappa shape index (κ2) is 5.25. The Morgan fingerprint density at radius 3 is 3.05 bits per heavy atom. The molecule has 1 aliphatic heterocycles. The van der Waals surface area contributed by atoms with Crippen LogP contribution in [-0.2, 0) is 4.74 Å². The number of nitrogens with zero attached hydrogens (tertiary/aromatic N) is 3. The van der Waals surface area contributed by atoms with Crippen molar-refractivity contribution in [3.8, 4) is 0 Å². The molecule has 22 heavy (non-hydrogen) atoms. The highest BCUT2D eigenvalue weighted by molar-refractivity contribution is 5.91. The van der Waals surface area contributed by atoms with Crippen LogP contribution in [0.25, 0.3) is 16.6 Å². The molecule has 2 atom stereocenters. The molecular weight excluding hydrogens is 276 g/mol. The van der Waals surface area contributed by atoms with Gasteiger partial charge in [-0.1, -0.05) is 12.1 Å². The van der Waals surface area contributed by atoms with Gasteiger partial charge in [-0.2, -0.15) is 5.10 Å². The van der Waals surface area contributed by atoms with Crippen LogP contribution in [0.4, 0.5) is 5.82 Å². The van der Waals surface area contributed by atoms with Gasteiger partial charge in [-0.25, -0.2) is 9.50 Å². The van der Waals surface area contributed by atoms with E-state index in [9.17, 15) is 0 Å². The average Bonchev–Trinajstić information content (AvgIpc) is 3.16. The summed E-state index contributed by atoms with van der Waals surface area (Å²) in [5, 5.41) is 9.18. The minimum atomic E-state index is 0.241. The Hall–Kier alpha value is -2.14. The third-order valence-corrected chi connectivity index (χ3v) is 4.31. The van der Waals surface area contributed by atoms with Crippen LogP contribution in [0.2, 0.25) is 0 Å². The van der Waals surface area contributed by atoms with Crippen LogP contribution in [0.1, 0.15) is 25.5 Å². The summed E-state index contributed by atoms with van der Waals surface area (Å²) in [4.78, 5) is 4.77. The summed E-state index contributed by atoms with van der Waals surface area (Å²) in [7, 11) is 0. The normalized spacial score (nSPS) is 19.8. The van der Waals surface area contributed by atoms with Gasteiger partial charge < -0.3 is 10.1 Å². The fourth-order valence-electron chi connectivity index (χ4n) is 3.19. The zero-order chi connectivity index (χ0) is 15.1. The standard InChI is InChI=1S/C17H20N4O/c1-11-10-16-19-17(18-12(2)15-8-5-9-22-15)13-6-3-4-7-14(13)21(16)20-11/h3-4,6-7,10,12,15H,5,8-9H2,1-2H3,(H,18,19)/t12-,15-/m0/s1. The predicted molar refractivity (Wildman–Crippen MR) is 87.3 cm³/mol. The third-order valence-electron chi connectivity index (χ3n) is 4.31. The van der Waals surface area contributed by atoms with Crippen LogP contribution in [0, 0.1) is 6.92 Å². The lowest BCUT2D eigenvalue weighted by atomic mass is 10.1. The summed E-state index contributed by atoms with van der Waals surface area (Å²) >= 11 is 0. The minimum absolute atomic E-state index is 0.241. The first kappa shape index (κ1) is 13.5. The molecule has 0 spiro atoms. The van der Waals surface area contributed by atoms with E-state index in [1.165, 1.54) is 0 Å². The van der Waals surface area contributed by atoms with Crippen LogP contribution in [0.15, 0.2) is 30.3 Å². The quantitative estimate of drug-likeness (QED) is 0.806. The Bertz CT molecular complexity index is 820. The number of aryl methyl sites for hydroxylation is 1. The fraction of sp³-hybridized carbons (Fsp3) is 0.412. The molecule has 0 aliphatic carbocycles. The van der Waals surface area contributed by atoms with Crippen molar-refractivity contribution in [3.63, 3.8) is 0 Å². The number of para-hydroxylation sites is 1. The van der Waals surface area contributed by atoms with Gasteiger partial charge in [-0.15, -0.1) is 0 Å². The number of nitrogens with one attached hydrogen (secondary N) is 1. The number of benzene rings is 1. The molecule has 2 aromatic heterocycles. The zero-order valence-corrected chi connectivity index (χ0v) is 12.9. The number of hydrogen-bond acceptors (Lipinski definition) is 4. The van der Waals surface area contributed by atoms with E-state index in [0.717, 1.165) is 47.5 Å². The van der Waals surface area contributed by atoms with E-state index >= 15 is 0 Å². The van der Waals surface area contributed by atoms with Gasteiger partial charge in [0, 0.05) is 18.1 Å². The van der Waals surface area contributed by atoms with Crippen molar-refractivity contribution in [2.24, 2.45) is 0 Å². The maximum absolute atomic E-state index is 5.78. The fourth-order valence-corrected chi connectivity index (χ4v) is 3.19. The molecule has 1 fully saturated rings. The molecule has 5 nitrogen and oxygen atoms in total. The average molecular weight is 296 g/mol. The van der Waals surface area contributed by atoms with E-state index in [1.807, 2.05) is 29.6 Å². The lowest BCUT2D eigenvalue weighted by Gasteiger charge is -2.21. The van der Waals surface area contributed by atoms with E-state index in [1.54, 1.807) is 0 Å². The predicted octanol–water partition coefficient (Wildman–Crippen LogP) is 3.17. The van der Waals surface area contributed by atoms with Gasteiger partial charge in [-0.05, 0) is 38.8 Å². The molecule has 0 saturated carbocycles. The first-order valence-electron chi connectivity index (χ1n) is 7.85. The first-order chi connectivity index (χ1) is 10.7.